The smallest absolute Gasteiger partial charge is 0.326 e. The van der Waals surface area contributed by atoms with Gasteiger partial charge in [-0.2, -0.15) is 0 Å². The molecule has 128 valence electrons. The van der Waals surface area contributed by atoms with Crippen molar-refractivity contribution in [1.82, 2.24) is 5.32 Å². The number of carbonyl (C=O) groups is 2. The summed E-state index contributed by atoms with van der Waals surface area (Å²) in [5.41, 5.74) is 6.57. The van der Waals surface area contributed by atoms with Gasteiger partial charge in [-0.25, -0.2) is 4.79 Å². The monoisotopic (exact) mass is 324 g/mol. The molecule has 6 N–H and O–H groups in total. The minimum atomic E-state index is -1.52. The maximum atomic E-state index is 12.0. The molecule has 0 saturated heterocycles. The van der Waals surface area contributed by atoms with Crippen molar-refractivity contribution in [3.63, 3.8) is 0 Å². The average molecular weight is 324 g/mol. The van der Waals surface area contributed by atoms with Gasteiger partial charge in [0.05, 0.1) is 0 Å². The highest BCUT2D eigenvalue weighted by Gasteiger charge is 2.28. The van der Waals surface area contributed by atoms with E-state index in [1.807, 2.05) is 13.8 Å². The van der Waals surface area contributed by atoms with Crippen molar-refractivity contribution < 1.29 is 24.9 Å². The van der Waals surface area contributed by atoms with Crippen molar-refractivity contribution in [3.8, 4) is 5.75 Å². The molecule has 1 rings (SSSR count). The molecule has 0 bridgehead atoms. The number of carbonyl (C=O) groups excluding carboxylic acids is 1. The number of nitrogens with one attached hydrogen (secondary N) is 1. The van der Waals surface area contributed by atoms with Crippen LogP contribution in [-0.2, 0) is 16.0 Å². The minimum absolute atomic E-state index is 0.0826. The zero-order valence-corrected chi connectivity index (χ0v) is 13.3. The van der Waals surface area contributed by atoms with Crippen molar-refractivity contribution in [2.75, 3.05) is 0 Å². The van der Waals surface area contributed by atoms with Crippen LogP contribution in [-0.4, -0.2) is 45.4 Å². The highest BCUT2D eigenvalue weighted by atomic mass is 16.4. The molecule has 1 aromatic rings. The van der Waals surface area contributed by atoms with E-state index in [0.717, 1.165) is 5.56 Å². The van der Waals surface area contributed by atoms with Crippen molar-refractivity contribution in [2.24, 2.45) is 11.7 Å². The molecule has 1 unspecified atom stereocenters. The molecule has 0 aliphatic rings. The molecule has 0 heterocycles. The lowest BCUT2D eigenvalue weighted by Gasteiger charge is -2.22. The number of phenolic OH excluding ortho intramolecular Hbond substituents is 1. The zero-order valence-electron chi connectivity index (χ0n) is 13.3. The number of hydrogen-bond donors (Lipinski definition) is 5. The van der Waals surface area contributed by atoms with E-state index in [9.17, 15) is 19.8 Å². The van der Waals surface area contributed by atoms with Crippen LogP contribution in [0.1, 0.15) is 25.8 Å². The largest absolute Gasteiger partial charge is 0.508 e. The van der Waals surface area contributed by atoms with Crippen molar-refractivity contribution in [3.05, 3.63) is 29.8 Å². The third kappa shape index (κ3) is 6.25. The molecule has 0 aliphatic carbocycles. The first-order valence-corrected chi connectivity index (χ1v) is 7.45. The Morgan fingerprint density at radius 2 is 1.78 bits per heavy atom. The molecule has 3 atom stereocenters. The Hall–Kier alpha value is -2.12. The van der Waals surface area contributed by atoms with Crippen LogP contribution in [0.5, 0.6) is 5.75 Å². The number of carboxylic acid groups (broad SMARTS) is 1. The molecule has 0 fully saturated rings. The van der Waals surface area contributed by atoms with Crippen molar-refractivity contribution in [1.29, 1.82) is 0 Å². The Labute approximate surface area is 135 Å². The van der Waals surface area contributed by atoms with Gasteiger partial charge in [0.2, 0.25) is 0 Å². The van der Waals surface area contributed by atoms with E-state index < -0.39 is 30.1 Å². The lowest BCUT2D eigenvalue weighted by molar-refractivity contribution is -0.144. The Morgan fingerprint density at radius 1 is 1.22 bits per heavy atom. The Bertz CT molecular complexity index is 530. The molecule has 0 spiro atoms. The van der Waals surface area contributed by atoms with E-state index in [1.165, 1.54) is 12.1 Å². The standard InChI is InChI=1S/C16H24N2O5/c1-9(2)7-13(16(22)23)18-15(21)14(20)12(17)8-10-3-5-11(19)6-4-10/h3-6,9,12-14,19-20H,7-8,17H2,1-2H3,(H,18,21)(H,22,23)/t12-,13+,14?/m1/s1. The number of benzene rings is 1. The average Bonchev–Trinajstić information content (AvgIpc) is 2.47. The van der Waals surface area contributed by atoms with Crippen LogP contribution in [0.3, 0.4) is 0 Å². The normalized spacial score (nSPS) is 15.0. The number of aromatic hydroxyl groups is 1. The van der Waals surface area contributed by atoms with Crippen LogP contribution in [0.2, 0.25) is 0 Å². The number of rotatable bonds is 8. The van der Waals surface area contributed by atoms with E-state index >= 15 is 0 Å². The second-order valence-corrected chi connectivity index (χ2v) is 6.01. The number of hydrogen-bond acceptors (Lipinski definition) is 5. The van der Waals surface area contributed by atoms with E-state index in [4.69, 9.17) is 10.8 Å². The molecule has 0 radical (unpaired) electrons. The fraction of sp³-hybridized carbons (Fsp3) is 0.500. The van der Waals surface area contributed by atoms with Crippen LogP contribution >= 0.6 is 0 Å². The predicted molar refractivity (Wildman–Crippen MR) is 84.8 cm³/mol. The topological polar surface area (TPSA) is 133 Å². The number of carboxylic acids is 1. The number of aliphatic hydroxyl groups excluding tert-OH is 1. The summed E-state index contributed by atoms with van der Waals surface area (Å²) in [6.45, 7) is 3.68. The molecule has 1 aromatic carbocycles. The molecule has 0 aliphatic heterocycles. The van der Waals surface area contributed by atoms with Crippen LogP contribution in [0.25, 0.3) is 0 Å². The third-order valence-corrected chi connectivity index (χ3v) is 3.40. The third-order valence-electron chi connectivity index (χ3n) is 3.40. The summed E-state index contributed by atoms with van der Waals surface area (Å²) in [6.07, 6.45) is -1.03. The van der Waals surface area contributed by atoms with Crippen molar-refractivity contribution >= 4 is 11.9 Å². The van der Waals surface area contributed by atoms with Gasteiger partial charge >= 0.3 is 5.97 Å². The van der Waals surface area contributed by atoms with Gasteiger partial charge < -0.3 is 26.4 Å². The number of phenols is 1. The lowest BCUT2D eigenvalue weighted by Crippen LogP contribution is -2.52. The van der Waals surface area contributed by atoms with Crippen molar-refractivity contribution in [2.45, 2.75) is 44.9 Å². The number of aliphatic carboxylic acids is 1. The summed E-state index contributed by atoms with van der Waals surface area (Å²) in [4.78, 5) is 23.1. The molecule has 1 amide bonds. The van der Waals surface area contributed by atoms with E-state index in [2.05, 4.69) is 5.32 Å². The van der Waals surface area contributed by atoms with Crippen LogP contribution in [0, 0.1) is 5.92 Å². The van der Waals surface area contributed by atoms with Gasteiger partial charge in [0.15, 0.2) is 0 Å². The highest BCUT2D eigenvalue weighted by Crippen LogP contribution is 2.12. The second-order valence-electron chi connectivity index (χ2n) is 6.01. The second kappa shape index (κ2) is 8.50. The molecule has 0 saturated carbocycles. The van der Waals surface area contributed by atoms with E-state index in [-0.39, 0.29) is 24.5 Å². The summed E-state index contributed by atoms with van der Waals surface area (Å²) in [6, 6.07) is 4.30. The van der Waals surface area contributed by atoms with Gasteiger partial charge in [0, 0.05) is 6.04 Å². The van der Waals surface area contributed by atoms with Gasteiger partial charge in [-0.15, -0.1) is 0 Å². The maximum absolute atomic E-state index is 12.0. The number of aliphatic hydroxyl groups is 1. The summed E-state index contributed by atoms with van der Waals surface area (Å²) in [7, 11) is 0. The first-order valence-electron chi connectivity index (χ1n) is 7.45. The first-order chi connectivity index (χ1) is 10.7. The molecular formula is C16H24N2O5. The fourth-order valence-corrected chi connectivity index (χ4v) is 2.16. The van der Waals surface area contributed by atoms with Gasteiger partial charge in [-0.3, -0.25) is 4.79 Å². The van der Waals surface area contributed by atoms with Crippen LogP contribution < -0.4 is 11.1 Å². The summed E-state index contributed by atoms with van der Waals surface area (Å²) >= 11 is 0. The fourth-order valence-electron chi connectivity index (χ4n) is 2.16. The number of nitrogens with two attached hydrogens (primary N) is 1. The van der Waals surface area contributed by atoms with Gasteiger partial charge in [0.1, 0.15) is 17.9 Å². The van der Waals surface area contributed by atoms with Crippen LogP contribution in [0.15, 0.2) is 24.3 Å². The molecule has 23 heavy (non-hydrogen) atoms. The zero-order chi connectivity index (χ0) is 17.6. The Kier molecular flexibility index (Phi) is 6.99. The van der Waals surface area contributed by atoms with E-state index in [0.29, 0.717) is 0 Å². The van der Waals surface area contributed by atoms with Gasteiger partial charge in [-0.1, -0.05) is 26.0 Å². The molecular weight excluding hydrogens is 300 g/mol. The summed E-state index contributed by atoms with van der Waals surface area (Å²) in [5.74, 6) is -1.76. The molecule has 7 nitrogen and oxygen atoms in total. The minimum Gasteiger partial charge on any atom is -0.508 e. The highest BCUT2D eigenvalue weighted by molar-refractivity contribution is 5.86. The molecule has 0 aromatic heterocycles. The quantitative estimate of drug-likeness (QED) is 0.465. The Balaban J connectivity index is 2.63. The number of amides is 1. The SMILES string of the molecule is CC(C)C[C@H](NC(=O)C(O)[C@H](N)Cc1ccc(O)cc1)C(=O)O. The van der Waals surface area contributed by atoms with Gasteiger partial charge in [-0.05, 0) is 36.5 Å². The molecule has 7 heteroatoms. The lowest BCUT2D eigenvalue weighted by atomic mass is 10.00. The predicted octanol–water partition coefficient (Wildman–Crippen LogP) is 0.238. The summed E-state index contributed by atoms with van der Waals surface area (Å²) < 4.78 is 0. The van der Waals surface area contributed by atoms with Gasteiger partial charge in [0.25, 0.3) is 5.91 Å². The van der Waals surface area contributed by atoms with E-state index in [1.54, 1.807) is 12.1 Å². The summed E-state index contributed by atoms with van der Waals surface area (Å²) in [5, 5.41) is 30.6. The maximum Gasteiger partial charge on any atom is 0.326 e. The van der Waals surface area contributed by atoms with Crippen LogP contribution in [0.4, 0.5) is 0 Å². The Morgan fingerprint density at radius 3 is 2.26 bits per heavy atom. The first kappa shape index (κ1) is 18.9.